The van der Waals surface area contributed by atoms with Gasteiger partial charge in [0.2, 0.25) is 0 Å². The molecule has 0 radical (unpaired) electrons. The van der Waals surface area contributed by atoms with Crippen molar-refractivity contribution in [2.75, 3.05) is 0 Å². The van der Waals surface area contributed by atoms with Crippen LogP contribution in [0, 0.1) is 0 Å². The van der Waals surface area contributed by atoms with Crippen molar-refractivity contribution in [3.05, 3.63) is 0 Å². The van der Waals surface area contributed by atoms with Gasteiger partial charge < -0.3 is 0 Å². The molecule has 0 aromatic carbocycles. The van der Waals surface area contributed by atoms with Gasteiger partial charge in [-0.2, -0.15) is 17.6 Å². The summed E-state index contributed by atoms with van der Waals surface area (Å²) in [4.78, 5) is 0. The summed E-state index contributed by atoms with van der Waals surface area (Å²) in [5, 5.41) is 0. The highest BCUT2D eigenvalue weighted by Gasteiger charge is 2.76. The number of halogens is 10. The van der Waals surface area contributed by atoms with Crippen molar-refractivity contribution in [3.63, 3.8) is 0 Å². The summed E-state index contributed by atoms with van der Waals surface area (Å²) < 4.78 is 141. The highest BCUT2D eigenvalue weighted by molar-refractivity contribution is 5.03. The Kier molecular flexibility index (Phi) is 6.90. The summed E-state index contributed by atoms with van der Waals surface area (Å²) in [5.41, 5.74) is -9.90. The lowest BCUT2D eigenvalue weighted by Gasteiger charge is -2.43. The Hall–Kier alpha value is -0.740. The number of ether oxygens (including phenoxy) is 1. The van der Waals surface area contributed by atoms with Crippen LogP contribution in [0.25, 0.3) is 0 Å². The van der Waals surface area contributed by atoms with E-state index in [4.69, 9.17) is 0 Å². The molecule has 0 bridgehead atoms. The molecular weight excluding hydrogens is 374 g/mol. The average Bonchev–Trinajstić information content (AvgIpc) is 2.51. The first-order valence-electron chi connectivity index (χ1n) is 7.54. The Morgan fingerprint density at radius 1 is 0.480 bits per heavy atom. The second-order valence-corrected chi connectivity index (χ2v) is 5.56. The Morgan fingerprint density at radius 3 is 0.880 bits per heavy atom. The number of hydrogen-bond acceptors (Lipinski definition) is 1. The molecule has 0 aliphatic rings. The van der Waals surface area contributed by atoms with Crippen LogP contribution in [-0.2, 0) is 4.74 Å². The zero-order chi connectivity index (χ0) is 20.5. The van der Waals surface area contributed by atoms with E-state index in [1.165, 1.54) is 0 Å². The first-order chi connectivity index (χ1) is 10.9. The Morgan fingerprint density at radius 2 is 0.720 bits per heavy atom. The van der Waals surface area contributed by atoms with E-state index in [1.54, 1.807) is 0 Å². The van der Waals surface area contributed by atoms with E-state index in [1.807, 2.05) is 0 Å². The van der Waals surface area contributed by atoms with Gasteiger partial charge in [0.1, 0.15) is 0 Å². The van der Waals surface area contributed by atoms with Gasteiger partial charge >= 0.3 is 12.2 Å². The lowest BCUT2D eigenvalue weighted by atomic mass is 9.89. The van der Waals surface area contributed by atoms with Crippen molar-refractivity contribution < 1.29 is 48.6 Å². The SMILES string of the molecule is CCC(F)(F)C(F)(CC)C(F)(F)OC(F)(F)C(F)(CC)C(F)(F)CC. The van der Waals surface area contributed by atoms with E-state index >= 15 is 0 Å². The molecule has 152 valence electrons. The molecule has 0 aromatic heterocycles. The normalized spacial score (nSPS) is 19.4. The van der Waals surface area contributed by atoms with Gasteiger partial charge in [-0.1, -0.05) is 27.7 Å². The predicted molar refractivity (Wildman–Crippen MR) is 69.7 cm³/mol. The van der Waals surface area contributed by atoms with Crippen LogP contribution in [0.2, 0.25) is 0 Å². The van der Waals surface area contributed by atoms with Gasteiger partial charge in [0, 0.05) is 12.8 Å². The van der Waals surface area contributed by atoms with Gasteiger partial charge in [-0.15, -0.1) is 0 Å². The Balaban J connectivity index is 6.09. The maximum Gasteiger partial charge on any atom is 0.400 e. The van der Waals surface area contributed by atoms with E-state index in [2.05, 4.69) is 4.74 Å². The van der Waals surface area contributed by atoms with Crippen molar-refractivity contribution >= 4 is 0 Å². The predicted octanol–water partition coefficient (Wildman–Crippen LogP) is 6.52. The third-order valence-electron chi connectivity index (χ3n) is 4.20. The molecule has 0 fully saturated rings. The fourth-order valence-electron chi connectivity index (χ4n) is 2.24. The molecule has 0 aliphatic carbocycles. The topological polar surface area (TPSA) is 9.23 Å². The summed E-state index contributed by atoms with van der Waals surface area (Å²) >= 11 is 0. The summed E-state index contributed by atoms with van der Waals surface area (Å²) in [7, 11) is 0. The minimum atomic E-state index is -5.94. The zero-order valence-electron chi connectivity index (χ0n) is 14.0. The van der Waals surface area contributed by atoms with E-state index < -0.39 is 61.1 Å². The largest absolute Gasteiger partial charge is 0.400 e. The standard InChI is InChI=1S/C14H20F10O/c1-5-9(15,11(17,18)7-3)13(21,22)25-14(23,24)10(16,6-2)12(19,20)8-4/h5-8H2,1-4H3. The molecule has 0 heterocycles. The molecule has 0 N–H and O–H groups in total. The molecule has 2 unspecified atom stereocenters. The van der Waals surface area contributed by atoms with Gasteiger partial charge in [-0.05, 0) is 12.8 Å². The van der Waals surface area contributed by atoms with Crippen LogP contribution in [-0.4, -0.2) is 35.4 Å². The molecule has 0 saturated carbocycles. The molecule has 0 saturated heterocycles. The fraction of sp³-hybridized carbons (Fsp3) is 1.00. The van der Waals surface area contributed by atoms with Crippen LogP contribution in [0.4, 0.5) is 43.9 Å². The van der Waals surface area contributed by atoms with Gasteiger partial charge in [0.25, 0.3) is 23.2 Å². The van der Waals surface area contributed by atoms with Crippen molar-refractivity contribution in [2.24, 2.45) is 0 Å². The van der Waals surface area contributed by atoms with Crippen molar-refractivity contribution in [3.8, 4) is 0 Å². The lowest BCUT2D eigenvalue weighted by molar-refractivity contribution is -0.468. The summed E-state index contributed by atoms with van der Waals surface area (Å²) in [5.74, 6) is -9.67. The smallest absolute Gasteiger partial charge is 0.250 e. The lowest BCUT2D eigenvalue weighted by Crippen LogP contribution is -2.65. The molecule has 25 heavy (non-hydrogen) atoms. The maximum atomic E-state index is 14.2. The second kappa shape index (κ2) is 7.11. The number of rotatable bonds is 10. The van der Waals surface area contributed by atoms with Crippen LogP contribution >= 0.6 is 0 Å². The third kappa shape index (κ3) is 3.71. The van der Waals surface area contributed by atoms with E-state index in [0.29, 0.717) is 27.7 Å². The van der Waals surface area contributed by atoms with Crippen molar-refractivity contribution in [1.29, 1.82) is 0 Å². The maximum absolute atomic E-state index is 14.2. The molecule has 0 aliphatic heterocycles. The van der Waals surface area contributed by atoms with Gasteiger partial charge in [-0.25, -0.2) is 31.1 Å². The Bertz CT molecular complexity index is 413. The summed E-state index contributed by atoms with van der Waals surface area (Å²) in [6.07, 6.45) is -18.3. The van der Waals surface area contributed by atoms with Gasteiger partial charge in [0.15, 0.2) is 0 Å². The van der Waals surface area contributed by atoms with Gasteiger partial charge in [0.05, 0.1) is 0 Å². The highest BCUT2D eigenvalue weighted by atomic mass is 19.3. The molecule has 0 spiro atoms. The number of hydrogen-bond donors (Lipinski definition) is 0. The molecule has 0 amide bonds. The highest BCUT2D eigenvalue weighted by Crippen LogP contribution is 2.55. The van der Waals surface area contributed by atoms with Crippen LogP contribution < -0.4 is 0 Å². The van der Waals surface area contributed by atoms with Crippen LogP contribution in [0.1, 0.15) is 53.4 Å². The monoisotopic (exact) mass is 394 g/mol. The third-order valence-corrected chi connectivity index (χ3v) is 4.20. The average molecular weight is 394 g/mol. The molecule has 11 heteroatoms. The molecule has 2 atom stereocenters. The number of alkyl halides is 10. The van der Waals surface area contributed by atoms with Crippen LogP contribution in [0.3, 0.4) is 0 Å². The molecule has 0 aromatic rings. The van der Waals surface area contributed by atoms with Crippen molar-refractivity contribution in [2.45, 2.75) is 88.8 Å². The second-order valence-electron chi connectivity index (χ2n) is 5.56. The van der Waals surface area contributed by atoms with E-state index in [9.17, 15) is 43.9 Å². The summed E-state index contributed by atoms with van der Waals surface area (Å²) in [6.45, 7) is 2.22. The Labute approximate surface area is 138 Å². The molecular formula is C14H20F10O. The minimum Gasteiger partial charge on any atom is -0.250 e. The quantitative estimate of drug-likeness (QED) is 0.384. The van der Waals surface area contributed by atoms with Gasteiger partial charge in [-0.3, -0.25) is 0 Å². The molecule has 0 rings (SSSR count). The molecule has 1 nitrogen and oxygen atoms in total. The zero-order valence-corrected chi connectivity index (χ0v) is 14.0. The first-order valence-corrected chi connectivity index (χ1v) is 7.54. The van der Waals surface area contributed by atoms with E-state index in [-0.39, 0.29) is 0 Å². The first kappa shape index (κ1) is 24.3. The fourth-order valence-corrected chi connectivity index (χ4v) is 2.24. The van der Waals surface area contributed by atoms with Crippen LogP contribution in [0.5, 0.6) is 0 Å². The minimum absolute atomic E-state index is 0.502. The van der Waals surface area contributed by atoms with Crippen molar-refractivity contribution in [1.82, 2.24) is 0 Å². The van der Waals surface area contributed by atoms with E-state index in [0.717, 1.165) is 0 Å². The van der Waals surface area contributed by atoms with Crippen LogP contribution in [0.15, 0.2) is 0 Å². The summed E-state index contributed by atoms with van der Waals surface area (Å²) in [6, 6.07) is 0.